The Bertz CT molecular complexity index is 975. The maximum Gasteiger partial charge on any atom is 0.315 e. The van der Waals surface area contributed by atoms with E-state index in [4.69, 9.17) is 0 Å². The molecule has 9 nitrogen and oxygen atoms in total. The molecule has 3 atom stereocenters. The van der Waals surface area contributed by atoms with Gasteiger partial charge in [-0.3, -0.25) is 4.79 Å². The summed E-state index contributed by atoms with van der Waals surface area (Å²) in [6.07, 6.45) is 2.02. The quantitative estimate of drug-likeness (QED) is 0.412. The van der Waals surface area contributed by atoms with Crippen LogP contribution in [0.4, 0.5) is 16.2 Å². The number of likely N-dealkylation sites (N-methyl/N-ethyl adjacent to an activating group) is 1. The molecule has 3 N–H and O–H groups in total. The predicted molar refractivity (Wildman–Crippen MR) is 125 cm³/mol. The molecule has 1 aromatic rings. The van der Waals surface area contributed by atoms with Gasteiger partial charge in [-0.25, -0.2) is 13.2 Å². The summed E-state index contributed by atoms with van der Waals surface area (Å²) in [6.45, 7) is 6.09. The van der Waals surface area contributed by atoms with Crippen LogP contribution in [-0.2, 0) is 14.6 Å². The second-order valence-electron chi connectivity index (χ2n) is 9.20. The monoisotopic (exact) mass is 463 g/mol. The van der Waals surface area contributed by atoms with Gasteiger partial charge in [0.1, 0.15) is 0 Å². The number of benzene rings is 1. The Balaban J connectivity index is 1.23. The fourth-order valence-electron chi connectivity index (χ4n) is 4.90. The lowest BCUT2D eigenvalue weighted by Crippen LogP contribution is -2.44. The van der Waals surface area contributed by atoms with Crippen molar-refractivity contribution in [3.63, 3.8) is 0 Å². The molecule has 32 heavy (non-hydrogen) atoms. The first-order chi connectivity index (χ1) is 15.2. The Hall–Kier alpha value is -2.33. The summed E-state index contributed by atoms with van der Waals surface area (Å²) < 4.78 is 24.7. The van der Waals surface area contributed by atoms with E-state index in [1.807, 2.05) is 13.0 Å². The summed E-state index contributed by atoms with van der Waals surface area (Å²) in [4.78, 5) is 28.6. The molecule has 10 heteroatoms. The SMILES string of the molecule is Cc1cc(N2CCN(C)CC2)ccc1NC(=O)CCCC[C@@H]1[C@H]2NC(=O)N[C@@H]2CS1(=O)=O. The first-order valence-corrected chi connectivity index (χ1v) is 13.1. The minimum absolute atomic E-state index is 0.00897. The average Bonchev–Trinajstić information content (AvgIpc) is 3.18. The van der Waals surface area contributed by atoms with Crippen LogP contribution in [-0.4, -0.2) is 81.6 Å². The van der Waals surface area contributed by atoms with E-state index in [0.29, 0.717) is 25.7 Å². The largest absolute Gasteiger partial charge is 0.369 e. The van der Waals surface area contributed by atoms with Crippen molar-refractivity contribution in [1.82, 2.24) is 15.5 Å². The van der Waals surface area contributed by atoms with E-state index in [2.05, 4.69) is 44.9 Å². The summed E-state index contributed by atoms with van der Waals surface area (Å²) >= 11 is 0. The lowest BCUT2D eigenvalue weighted by molar-refractivity contribution is -0.116. The van der Waals surface area contributed by atoms with Crippen LogP contribution in [0.2, 0.25) is 0 Å². The highest BCUT2D eigenvalue weighted by Crippen LogP contribution is 2.29. The van der Waals surface area contributed by atoms with Crippen LogP contribution in [0.1, 0.15) is 31.2 Å². The predicted octanol–water partition coefficient (Wildman–Crippen LogP) is 1.09. The molecule has 0 bridgehead atoms. The maximum absolute atomic E-state index is 12.4. The maximum atomic E-state index is 12.4. The van der Waals surface area contributed by atoms with Gasteiger partial charge in [-0.1, -0.05) is 6.42 Å². The van der Waals surface area contributed by atoms with Gasteiger partial charge in [-0.05, 0) is 50.6 Å². The summed E-state index contributed by atoms with van der Waals surface area (Å²) in [6, 6.07) is 5.14. The number of nitrogens with zero attached hydrogens (tertiary/aromatic N) is 2. The van der Waals surface area contributed by atoms with E-state index in [-0.39, 0.29) is 29.8 Å². The van der Waals surface area contributed by atoms with E-state index < -0.39 is 15.1 Å². The minimum atomic E-state index is -3.23. The Morgan fingerprint density at radius 1 is 1.16 bits per heavy atom. The number of amides is 3. The summed E-state index contributed by atoms with van der Waals surface area (Å²) in [5.74, 6) is -0.0752. The van der Waals surface area contributed by atoms with E-state index in [0.717, 1.165) is 37.4 Å². The summed E-state index contributed by atoms with van der Waals surface area (Å²) in [7, 11) is -1.09. The van der Waals surface area contributed by atoms with E-state index in [1.54, 1.807) is 0 Å². The number of hydrogen-bond acceptors (Lipinski definition) is 6. The highest BCUT2D eigenvalue weighted by atomic mass is 32.2. The van der Waals surface area contributed by atoms with Crippen LogP contribution in [0.3, 0.4) is 0 Å². The van der Waals surface area contributed by atoms with Crippen molar-refractivity contribution < 1.29 is 18.0 Å². The molecule has 3 fully saturated rings. The van der Waals surface area contributed by atoms with Crippen LogP contribution in [0.25, 0.3) is 0 Å². The number of rotatable bonds is 7. The molecule has 0 unspecified atom stereocenters. The number of anilines is 2. The van der Waals surface area contributed by atoms with Crippen LogP contribution in [0, 0.1) is 6.92 Å². The van der Waals surface area contributed by atoms with Crippen LogP contribution in [0.5, 0.6) is 0 Å². The number of fused-ring (bicyclic) bond motifs is 1. The number of nitrogens with one attached hydrogen (secondary N) is 3. The molecule has 3 aliphatic rings. The second-order valence-corrected chi connectivity index (χ2v) is 11.5. The third kappa shape index (κ3) is 5.01. The summed E-state index contributed by atoms with van der Waals surface area (Å²) in [5, 5.41) is 7.81. The molecule has 0 radical (unpaired) electrons. The van der Waals surface area contributed by atoms with E-state index >= 15 is 0 Å². The van der Waals surface area contributed by atoms with Crippen molar-refractivity contribution in [2.45, 2.75) is 49.9 Å². The number of piperazine rings is 1. The summed E-state index contributed by atoms with van der Waals surface area (Å²) in [5.41, 5.74) is 3.02. The fourth-order valence-corrected chi connectivity index (χ4v) is 7.17. The van der Waals surface area contributed by atoms with Crippen molar-refractivity contribution in [1.29, 1.82) is 0 Å². The highest BCUT2D eigenvalue weighted by Gasteiger charge is 2.51. The molecular weight excluding hydrogens is 430 g/mol. The van der Waals surface area contributed by atoms with Gasteiger partial charge in [-0.2, -0.15) is 0 Å². The van der Waals surface area contributed by atoms with Crippen LogP contribution < -0.4 is 20.9 Å². The molecule has 176 valence electrons. The molecule has 3 heterocycles. The molecule has 0 aromatic heterocycles. The number of carbonyl (C=O) groups excluding carboxylic acids is 2. The standard InChI is InChI=1S/C22H33N5O4S/c1-15-13-16(27-11-9-26(2)10-12-27)7-8-17(15)23-20(28)6-4-3-5-19-21-18(14-32(19,30)31)24-22(29)25-21/h7-8,13,18-19,21H,3-6,9-12,14H2,1-2H3,(H,23,28)(H2,24,25,29)/t18-,19-,21+/m1/s1. The third-order valence-corrected chi connectivity index (χ3v) is 9.09. The van der Waals surface area contributed by atoms with Gasteiger partial charge in [0.2, 0.25) is 5.91 Å². The fraction of sp³-hybridized carbons (Fsp3) is 0.636. The zero-order chi connectivity index (χ0) is 22.9. The van der Waals surface area contributed by atoms with Crippen molar-refractivity contribution in [2.24, 2.45) is 0 Å². The van der Waals surface area contributed by atoms with Gasteiger partial charge >= 0.3 is 6.03 Å². The van der Waals surface area contributed by atoms with Gasteiger partial charge in [-0.15, -0.1) is 0 Å². The Morgan fingerprint density at radius 2 is 1.91 bits per heavy atom. The number of carbonyl (C=O) groups is 2. The molecule has 3 aliphatic heterocycles. The zero-order valence-electron chi connectivity index (χ0n) is 18.8. The molecule has 4 rings (SSSR count). The van der Waals surface area contributed by atoms with E-state index in [9.17, 15) is 18.0 Å². The Morgan fingerprint density at radius 3 is 2.62 bits per heavy atom. The molecular formula is C22H33N5O4S. The van der Waals surface area contributed by atoms with Crippen LogP contribution >= 0.6 is 0 Å². The van der Waals surface area contributed by atoms with Crippen molar-refractivity contribution in [2.75, 3.05) is 49.2 Å². The van der Waals surface area contributed by atoms with Gasteiger partial charge < -0.3 is 25.8 Å². The lowest BCUT2D eigenvalue weighted by atomic mass is 10.0. The molecule has 3 amide bonds. The molecule has 0 aliphatic carbocycles. The highest BCUT2D eigenvalue weighted by molar-refractivity contribution is 7.92. The van der Waals surface area contributed by atoms with Gasteiger partial charge in [0.15, 0.2) is 9.84 Å². The Kier molecular flexibility index (Phi) is 6.62. The van der Waals surface area contributed by atoms with Crippen molar-refractivity contribution in [3.8, 4) is 0 Å². The lowest BCUT2D eigenvalue weighted by Gasteiger charge is -2.34. The van der Waals surface area contributed by atoms with Crippen molar-refractivity contribution >= 4 is 33.2 Å². The first-order valence-electron chi connectivity index (χ1n) is 11.4. The van der Waals surface area contributed by atoms with Crippen molar-refractivity contribution in [3.05, 3.63) is 23.8 Å². The second kappa shape index (κ2) is 9.27. The number of urea groups is 1. The van der Waals surface area contributed by atoms with Gasteiger partial charge in [0.25, 0.3) is 0 Å². The molecule has 0 saturated carbocycles. The molecule has 0 spiro atoms. The number of sulfone groups is 1. The first kappa shape index (κ1) is 22.8. The minimum Gasteiger partial charge on any atom is -0.369 e. The number of aryl methyl sites for hydroxylation is 1. The average molecular weight is 464 g/mol. The third-order valence-electron chi connectivity index (χ3n) is 6.82. The normalized spacial score (nSPS) is 27.0. The Labute approximate surface area is 189 Å². The molecule has 3 saturated heterocycles. The zero-order valence-corrected chi connectivity index (χ0v) is 19.6. The van der Waals surface area contributed by atoms with E-state index in [1.165, 1.54) is 5.69 Å². The smallest absolute Gasteiger partial charge is 0.315 e. The van der Waals surface area contributed by atoms with Gasteiger partial charge in [0.05, 0.1) is 23.1 Å². The number of hydrogen-bond donors (Lipinski definition) is 3. The van der Waals surface area contributed by atoms with Gasteiger partial charge in [0, 0.05) is 44.0 Å². The van der Waals surface area contributed by atoms with Crippen LogP contribution in [0.15, 0.2) is 18.2 Å². The molecule has 1 aromatic carbocycles. The topological polar surface area (TPSA) is 111 Å². The number of unbranched alkanes of at least 4 members (excludes halogenated alkanes) is 1.